The third-order valence-corrected chi connectivity index (χ3v) is 3.85. The van der Waals surface area contributed by atoms with E-state index in [1.165, 1.54) is 6.08 Å². The third kappa shape index (κ3) is 3.52. The Kier molecular flexibility index (Phi) is 4.48. The molecule has 0 radical (unpaired) electrons. The maximum atomic E-state index is 10.5. The van der Waals surface area contributed by atoms with Crippen LogP contribution in [0.4, 0.5) is 5.69 Å². The van der Waals surface area contributed by atoms with Gasteiger partial charge in [-0.3, -0.25) is 0 Å². The highest BCUT2D eigenvalue weighted by atomic mass is 32.2. The van der Waals surface area contributed by atoms with E-state index in [1.54, 1.807) is 6.07 Å². The van der Waals surface area contributed by atoms with Crippen molar-refractivity contribution < 1.29 is 9.90 Å². The Balaban J connectivity index is 2.26. The molecule has 0 bridgehead atoms. The summed E-state index contributed by atoms with van der Waals surface area (Å²) in [4.78, 5) is 12.7. The summed E-state index contributed by atoms with van der Waals surface area (Å²) in [7, 11) is 0. The van der Waals surface area contributed by atoms with Gasteiger partial charge in [0.2, 0.25) is 0 Å². The fourth-order valence-electron chi connectivity index (χ4n) is 1.99. The number of aliphatic carboxylic acids is 1. The van der Waals surface area contributed by atoms with E-state index in [4.69, 9.17) is 5.11 Å². The van der Waals surface area contributed by atoms with Gasteiger partial charge in [-0.05, 0) is 23.8 Å². The zero-order valence-electron chi connectivity index (χ0n) is 10.4. The van der Waals surface area contributed by atoms with Crippen molar-refractivity contribution in [3.63, 3.8) is 0 Å². The first-order valence-corrected chi connectivity index (χ1v) is 7.14. The largest absolute Gasteiger partial charge is 0.478 e. The van der Waals surface area contributed by atoms with Crippen molar-refractivity contribution >= 4 is 29.5 Å². The molecule has 1 heterocycles. The molecule has 0 aromatic heterocycles. The van der Waals surface area contributed by atoms with Gasteiger partial charge in [-0.15, -0.1) is 0 Å². The molecule has 98 valence electrons. The molecule has 19 heavy (non-hydrogen) atoms. The summed E-state index contributed by atoms with van der Waals surface area (Å²) in [6.07, 6.45) is 2.58. The fraction of sp³-hybridized carbons (Fsp3) is 0.286. The minimum atomic E-state index is -0.990. The summed E-state index contributed by atoms with van der Waals surface area (Å²) in [5, 5.41) is 17.8. The highest BCUT2D eigenvalue weighted by Gasteiger charge is 2.14. The van der Waals surface area contributed by atoms with Crippen LogP contribution < -0.4 is 4.90 Å². The SMILES string of the molecule is N#Cc1cc(/C=C/C(=O)O)ccc1N1CCSCC1. The molecule has 0 aliphatic carbocycles. The van der Waals surface area contributed by atoms with E-state index in [-0.39, 0.29) is 0 Å². The molecule has 1 fully saturated rings. The summed E-state index contributed by atoms with van der Waals surface area (Å²) < 4.78 is 0. The number of carboxylic acid groups (broad SMARTS) is 1. The van der Waals surface area contributed by atoms with Crippen LogP contribution in [0.3, 0.4) is 0 Å². The predicted octanol–water partition coefficient (Wildman–Crippen LogP) is 2.21. The van der Waals surface area contributed by atoms with Gasteiger partial charge in [0.05, 0.1) is 11.3 Å². The Bertz CT molecular complexity index is 543. The topological polar surface area (TPSA) is 64.3 Å². The molecular formula is C14H14N2O2S. The lowest BCUT2D eigenvalue weighted by Crippen LogP contribution is -2.32. The Hall–Kier alpha value is -1.93. The number of rotatable bonds is 3. The zero-order valence-corrected chi connectivity index (χ0v) is 11.2. The van der Waals surface area contributed by atoms with Gasteiger partial charge >= 0.3 is 5.97 Å². The number of benzene rings is 1. The highest BCUT2D eigenvalue weighted by molar-refractivity contribution is 7.99. The van der Waals surface area contributed by atoms with Crippen molar-refractivity contribution in [1.29, 1.82) is 5.26 Å². The second kappa shape index (κ2) is 6.30. The van der Waals surface area contributed by atoms with Crippen LogP contribution in [-0.4, -0.2) is 35.7 Å². The van der Waals surface area contributed by atoms with E-state index < -0.39 is 5.97 Å². The van der Waals surface area contributed by atoms with Gasteiger partial charge in [0.15, 0.2) is 0 Å². The molecule has 0 amide bonds. The lowest BCUT2D eigenvalue weighted by Gasteiger charge is -2.29. The van der Waals surface area contributed by atoms with Crippen molar-refractivity contribution in [2.24, 2.45) is 0 Å². The second-order valence-electron chi connectivity index (χ2n) is 4.16. The van der Waals surface area contributed by atoms with Gasteiger partial charge < -0.3 is 10.0 Å². The molecule has 1 aliphatic heterocycles. The third-order valence-electron chi connectivity index (χ3n) is 2.91. The van der Waals surface area contributed by atoms with Crippen LogP contribution in [0.15, 0.2) is 24.3 Å². The number of hydrogen-bond acceptors (Lipinski definition) is 4. The average Bonchev–Trinajstić information content (AvgIpc) is 2.45. The maximum Gasteiger partial charge on any atom is 0.328 e. The van der Waals surface area contributed by atoms with Crippen molar-refractivity contribution in [1.82, 2.24) is 0 Å². The molecule has 1 aromatic carbocycles. The molecule has 0 atom stereocenters. The molecule has 1 aromatic rings. The van der Waals surface area contributed by atoms with Crippen LogP contribution in [0.25, 0.3) is 6.08 Å². The first kappa shape index (κ1) is 13.5. The number of thioether (sulfide) groups is 1. The molecule has 4 nitrogen and oxygen atoms in total. The molecule has 0 spiro atoms. The first-order chi connectivity index (χ1) is 9.20. The molecule has 1 aliphatic rings. The average molecular weight is 274 g/mol. The van der Waals surface area contributed by atoms with Crippen LogP contribution in [-0.2, 0) is 4.79 Å². The predicted molar refractivity (Wildman–Crippen MR) is 77.4 cm³/mol. The standard InChI is InChI=1S/C14H14N2O2S/c15-10-12-9-11(2-4-14(17)18)1-3-13(12)16-5-7-19-8-6-16/h1-4,9H,5-8H2,(H,17,18)/b4-2+. The highest BCUT2D eigenvalue weighted by Crippen LogP contribution is 2.24. The summed E-state index contributed by atoms with van der Waals surface area (Å²) in [5.74, 6) is 1.16. The molecular weight excluding hydrogens is 260 g/mol. The van der Waals surface area contributed by atoms with E-state index in [1.807, 2.05) is 23.9 Å². The van der Waals surface area contributed by atoms with Gasteiger partial charge in [-0.2, -0.15) is 17.0 Å². The number of nitrogens with zero attached hydrogens (tertiary/aromatic N) is 2. The van der Waals surface area contributed by atoms with Crippen molar-refractivity contribution in [3.8, 4) is 6.07 Å². The van der Waals surface area contributed by atoms with Gasteiger partial charge in [0, 0.05) is 30.7 Å². The lowest BCUT2D eigenvalue weighted by atomic mass is 10.1. The van der Waals surface area contributed by atoms with Crippen LogP contribution in [0, 0.1) is 11.3 Å². The summed E-state index contributed by atoms with van der Waals surface area (Å²) in [6.45, 7) is 1.90. The number of anilines is 1. The zero-order chi connectivity index (χ0) is 13.7. The molecule has 0 unspecified atom stereocenters. The minimum absolute atomic E-state index is 0.597. The van der Waals surface area contributed by atoms with Crippen LogP contribution in [0.5, 0.6) is 0 Å². The number of carbonyl (C=O) groups is 1. The summed E-state index contributed by atoms with van der Waals surface area (Å²) >= 11 is 1.92. The maximum absolute atomic E-state index is 10.5. The van der Waals surface area contributed by atoms with Gasteiger partial charge in [-0.1, -0.05) is 6.07 Å². The normalized spacial score (nSPS) is 15.4. The monoisotopic (exact) mass is 274 g/mol. The van der Waals surface area contributed by atoms with Crippen molar-refractivity contribution in [3.05, 3.63) is 35.4 Å². The van der Waals surface area contributed by atoms with E-state index in [0.717, 1.165) is 41.9 Å². The summed E-state index contributed by atoms with van der Waals surface area (Å²) in [6, 6.07) is 7.67. The van der Waals surface area contributed by atoms with Crippen LogP contribution in [0.2, 0.25) is 0 Å². The quantitative estimate of drug-likeness (QED) is 0.856. The Morgan fingerprint density at radius 2 is 2.16 bits per heavy atom. The molecule has 1 saturated heterocycles. The Morgan fingerprint density at radius 1 is 1.42 bits per heavy atom. The van der Waals surface area contributed by atoms with Crippen molar-refractivity contribution in [2.45, 2.75) is 0 Å². The Morgan fingerprint density at radius 3 is 2.79 bits per heavy atom. The summed E-state index contributed by atoms with van der Waals surface area (Å²) in [5.41, 5.74) is 2.27. The second-order valence-corrected chi connectivity index (χ2v) is 5.38. The molecule has 0 saturated carbocycles. The Labute approximate surface area is 116 Å². The van der Waals surface area contributed by atoms with Gasteiger partial charge in [0.25, 0.3) is 0 Å². The van der Waals surface area contributed by atoms with E-state index in [9.17, 15) is 10.1 Å². The van der Waals surface area contributed by atoms with E-state index >= 15 is 0 Å². The minimum Gasteiger partial charge on any atom is -0.478 e. The molecule has 2 rings (SSSR count). The van der Waals surface area contributed by atoms with E-state index in [0.29, 0.717) is 5.56 Å². The van der Waals surface area contributed by atoms with Crippen LogP contribution in [0.1, 0.15) is 11.1 Å². The lowest BCUT2D eigenvalue weighted by molar-refractivity contribution is -0.131. The van der Waals surface area contributed by atoms with Gasteiger partial charge in [0.1, 0.15) is 6.07 Å². The number of carboxylic acids is 1. The first-order valence-electron chi connectivity index (χ1n) is 5.98. The molecule has 5 heteroatoms. The number of nitriles is 1. The van der Waals surface area contributed by atoms with E-state index in [2.05, 4.69) is 11.0 Å². The fourth-order valence-corrected chi connectivity index (χ4v) is 2.90. The van der Waals surface area contributed by atoms with Crippen molar-refractivity contribution in [2.75, 3.05) is 29.5 Å². The van der Waals surface area contributed by atoms with Gasteiger partial charge in [-0.25, -0.2) is 4.79 Å². The molecule has 1 N–H and O–H groups in total. The smallest absolute Gasteiger partial charge is 0.328 e. The van der Waals surface area contributed by atoms with Crippen LogP contribution >= 0.6 is 11.8 Å². The number of hydrogen-bond donors (Lipinski definition) is 1.